The number of benzene rings is 2. The van der Waals surface area contributed by atoms with Crippen LogP contribution in [0.4, 0.5) is 0 Å². The van der Waals surface area contributed by atoms with E-state index in [-0.39, 0.29) is 0 Å². The number of nitrogens with zero attached hydrogens (tertiary/aromatic N) is 1. The summed E-state index contributed by atoms with van der Waals surface area (Å²) in [6, 6.07) is 20.9. The van der Waals surface area contributed by atoms with E-state index in [1.165, 1.54) is 37.7 Å². The van der Waals surface area contributed by atoms with Crippen molar-refractivity contribution in [2.24, 2.45) is 0 Å². The molecule has 0 saturated carbocycles. The molecule has 0 aromatic heterocycles. The fraction of sp³-hybridized carbons (Fsp3) is 0.556. The first-order valence-corrected chi connectivity index (χ1v) is 11.9. The summed E-state index contributed by atoms with van der Waals surface area (Å²) in [4.78, 5) is 6.85. The summed E-state index contributed by atoms with van der Waals surface area (Å²) in [5.41, 5.74) is 0.850. The van der Waals surface area contributed by atoms with Crippen LogP contribution in [0.3, 0.4) is 0 Å². The largest absolute Gasteiger partial charge is 0.324 e. The zero-order valence-corrected chi connectivity index (χ0v) is 19.6. The van der Waals surface area contributed by atoms with Crippen molar-refractivity contribution in [2.45, 2.75) is 84.9 Å². The van der Waals surface area contributed by atoms with Gasteiger partial charge in [-0.25, -0.2) is 0 Å². The van der Waals surface area contributed by atoms with Crippen LogP contribution in [0, 0.1) is 0 Å². The van der Waals surface area contributed by atoms with Gasteiger partial charge in [-0.1, -0.05) is 88.1 Å². The highest BCUT2D eigenvalue weighted by Crippen LogP contribution is 2.35. The average Bonchev–Trinajstić information content (AvgIpc) is 2.77. The molecule has 0 spiro atoms. The van der Waals surface area contributed by atoms with Gasteiger partial charge in [0.15, 0.2) is 5.75 Å². The van der Waals surface area contributed by atoms with Crippen molar-refractivity contribution in [3.05, 3.63) is 66.2 Å². The third-order valence-corrected chi connectivity index (χ3v) is 6.15. The molecule has 0 aliphatic carbocycles. The van der Waals surface area contributed by atoms with Crippen molar-refractivity contribution in [1.82, 2.24) is 0 Å². The molecule has 2 unspecified atom stereocenters. The summed E-state index contributed by atoms with van der Waals surface area (Å²) in [5.74, 6) is 0.902. The Balaban J connectivity index is 2.35. The average molecular weight is 413 g/mol. The molecule has 0 heterocycles. The summed E-state index contributed by atoms with van der Waals surface area (Å²) in [6.45, 7) is 11.2. The van der Waals surface area contributed by atoms with Gasteiger partial charge in [0, 0.05) is 25.3 Å². The second kappa shape index (κ2) is 12.8. The third-order valence-electron chi connectivity index (χ3n) is 6.15. The molecular formula is C27H42NO2+. The number of quaternary nitrogens is 1. The lowest BCUT2D eigenvalue weighted by Crippen LogP contribution is -2.65. The summed E-state index contributed by atoms with van der Waals surface area (Å²) >= 11 is 0. The van der Waals surface area contributed by atoms with E-state index in [1.807, 2.05) is 18.2 Å². The number of hydrogen-bond donors (Lipinski definition) is 0. The summed E-state index contributed by atoms with van der Waals surface area (Å²) < 4.78 is 6.89. The molecule has 0 N–H and O–H groups in total. The van der Waals surface area contributed by atoms with Crippen LogP contribution in [0.2, 0.25) is 0 Å². The van der Waals surface area contributed by atoms with Gasteiger partial charge < -0.3 is 9.57 Å². The maximum Gasteiger partial charge on any atom is 0.238 e. The van der Waals surface area contributed by atoms with Gasteiger partial charge in [0.1, 0.15) is 13.1 Å². The minimum absolute atomic E-state index is 0.427. The van der Waals surface area contributed by atoms with Crippen LogP contribution in [0.1, 0.15) is 78.2 Å². The van der Waals surface area contributed by atoms with Crippen LogP contribution < -0.4 is 4.84 Å². The van der Waals surface area contributed by atoms with Gasteiger partial charge in [0.25, 0.3) is 0 Å². The van der Waals surface area contributed by atoms with Crippen molar-refractivity contribution in [2.75, 3.05) is 13.2 Å². The van der Waals surface area contributed by atoms with Crippen LogP contribution in [-0.4, -0.2) is 23.5 Å². The molecule has 0 bridgehead atoms. The van der Waals surface area contributed by atoms with Crippen molar-refractivity contribution >= 4 is 0 Å². The van der Waals surface area contributed by atoms with Gasteiger partial charge in [-0.05, 0) is 25.5 Å². The predicted molar refractivity (Wildman–Crippen MR) is 126 cm³/mol. The zero-order chi connectivity index (χ0) is 21.7. The monoisotopic (exact) mass is 412 g/mol. The lowest BCUT2D eigenvalue weighted by atomic mass is 10.0. The van der Waals surface area contributed by atoms with Crippen molar-refractivity contribution in [1.29, 1.82) is 0 Å². The molecule has 2 aromatic rings. The third kappa shape index (κ3) is 6.85. The molecule has 3 nitrogen and oxygen atoms in total. The molecular weight excluding hydrogens is 370 g/mol. The first-order chi connectivity index (χ1) is 14.6. The molecule has 2 aromatic carbocycles. The highest BCUT2D eigenvalue weighted by atomic mass is 16.8. The second-order valence-corrected chi connectivity index (χ2v) is 8.39. The standard InChI is InChI=1S/C27H42NO2/c1-5-8-9-10-11-18-23-28(27(4,6-2)29-7-3,24-25-19-14-12-15-20-25)30-26-21-16-13-17-22-26/h12-17,19-22H,5-11,18,23-24H2,1-4H3/q+1. The fourth-order valence-electron chi connectivity index (χ4n) is 4.19. The molecule has 3 heteroatoms. The van der Waals surface area contributed by atoms with Crippen LogP contribution >= 0.6 is 0 Å². The highest BCUT2D eigenvalue weighted by molar-refractivity contribution is 5.20. The van der Waals surface area contributed by atoms with E-state index in [0.717, 1.165) is 31.7 Å². The van der Waals surface area contributed by atoms with E-state index < -0.39 is 5.72 Å². The fourth-order valence-corrected chi connectivity index (χ4v) is 4.19. The SMILES string of the molecule is CCCCCCCC[N+](Cc1ccccc1)(Oc1ccccc1)C(C)(CC)OCC. The Bertz CT molecular complexity index is 647. The summed E-state index contributed by atoms with van der Waals surface area (Å²) in [7, 11) is 0. The number of rotatable bonds is 15. The smallest absolute Gasteiger partial charge is 0.238 e. The number of hydroxylamine groups is 3. The molecule has 0 fully saturated rings. The van der Waals surface area contributed by atoms with Crippen LogP contribution in [0.25, 0.3) is 0 Å². The Morgan fingerprint density at radius 3 is 1.97 bits per heavy atom. The van der Waals surface area contributed by atoms with Gasteiger partial charge in [-0.3, -0.25) is 0 Å². The molecule has 30 heavy (non-hydrogen) atoms. The van der Waals surface area contributed by atoms with E-state index in [0.29, 0.717) is 11.3 Å². The number of unbranched alkanes of at least 4 members (excludes halogenated alkanes) is 5. The topological polar surface area (TPSA) is 18.5 Å². The first-order valence-electron chi connectivity index (χ1n) is 11.9. The Hall–Kier alpha value is -1.84. The Morgan fingerprint density at radius 2 is 1.37 bits per heavy atom. The van der Waals surface area contributed by atoms with Crippen LogP contribution in [-0.2, 0) is 11.3 Å². The number of ether oxygens (including phenoxy) is 1. The van der Waals surface area contributed by atoms with Crippen LogP contribution in [0.15, 0.2) is 60.7 Å². The lowest BCUT2D eigenvalue weighted by Gasteiger charge is -2.47. The molecule has 0 saturated heterocycles. The first kappa shape index (κ1) is 24.4. The van der Waals surface area contributed by atoms with Gasteiger partial charge in [0.05, 0.1) is 6.61 Å². The van der Waals surface area contributed by atoms with E-state index in [2.05, 4.69) is 70.2 Å². The van der Waals surface area contributed by atoms with Gasteiger partial charge in [0.2, 0.25) is 5.72 Å². The van der Waals surface area contributed by atoms with Gasteiger partial charge in [-0.2, -0.15) is 0 Å². The number of para-hydroxylation sites is 1. The zero-order valence-electron chi connectivity index (χ0n) is 19.6. The summed E-state index contributed by atoms with van der Waals surface area (Å²) in [6.07, 6.45) is 8.48. The normalized spacial score (nSPS) is 15.3. The quantitative estimate of drug-likeness (QED) is 0.130. The molecule has 0 amide bonds. The molecule has 0 aliphatic rings. The predicted octanol–water partition coefficient (Wildman–Crippen LogP) is 7.52. The second-order valence-electron chi connectivity index (χ2n) is 8.39. The highest BCUT2D eigenvalue weighted by Gasteiger charge is 2.50. The minimum Gasteiger partial charge on any atom is -0.324 e. The van der Waals surface area contributed by atoms with Gasteiger partial charge in [-0.15, -0.1) is 4.65 Å². The maximum absolute atomic E-state index is 6.85. The Kier molecular flexibility index (Phi) is 10.4. The number of hydrogen-bond acceptors (Lipinski definition) is 2. The van der Waals surface area contributed by atoms with Gasteiger partial charge >= 0.3 is 0 Å². The van der Waals surface area contributed by atoms with E-state index >= 15 is 0 Å². The Morgan fingerprint density at radius 1 is 0.767 bits per heavy atom. The van der Waals surface area contributed by atoms with Crippen LogP contribution in [0.5, 0.6) is 5.75 Å². The molecule has 2 rings (SSSR count). The summed E-state index contributed by atoms with van der Waals surface area (Å²) in [5, 5.41) is 0. The van der Waals surface area contributed by atoms with Crippen molar-refractivity contribution < 1.29 is 14.2 Å². The maximum atomic E-state index is 6.85. The molecule has 2 atom stereocenters. The molecule has 0 radical (unpaired) electrons. The van der Waals surface area contributed by atoms with E-state index in [4.69, 9.17) is 9.57 Å². The minimum atomic E-state index is -0.427. The van der Waals surface area contributed by atoms with E-state index in [1.54, 1.807) is 0 Å². The Labute approximate surface area is 184 Å². The van der Waals surface area contributed by atoms with E-state index in [9.17, 15) is 0 Å². The van der Waals surface area contributed by atoms with Crippen molar-refractivity contribution in [3.8, 4) is 5.75 Å². The lowest BCUT2D eigenvalue weighted by molar-refractivity contribution is -1.14. The molecule has 0 aliphatic heterocycles. The molecule has 166 valence electrons. The van der Waals surface area contributed by atoms with Crippen molar-refractivity contribution in [3.63, 3.8) is 0 Å².